The van der Waals surface area contributed by atoms with Crippen molar-refractivity contribution in [3.8, 4) is 5.75 Å². The molecule has 0 aliphatic carbocycles. The van der Waals surface area contributed by atoms with Gasteiger partial charge in [0.15, 0.2) is 0 Å². The molecule has 0 aliphatic rings. The number of carboxylic acid groups (broad SMARTS) is 1. The van der Waals surface area contributed by atoms with Crippen LogP contribution in [-0.4, -0.2) is 28.6 Å². The van der Waals surface area contributed by atoms with Gasteiger partial charge in [-0.15, -0.1) is 0 Å². The molecule has 0 radical (unpaired) electrons. The normalized spacial score (nSPS) is 11.0. The number of ether oxygens (including phenoxy) is 1. The molecule has 4 nitrogen and oxygen atoms in total. The Balaban J connectivity index is 2.02. The molecule has 0 amide bonds. The number of nitrogens with zero attached hydrogens (tertiary/aromatic N) is 1. The Hall–Kier alpha value is -2.04. The molecule has 0 aromatic heterocycles. The Bertz CT molecular complexity index is 688. The lowest BCUT2D eigenvalue weighted by molar-refractivity contribution is -0.138. The van der Waals surface area contributed by atoms with Crippen LogP contribution in [0.2, 0.25) is 5.02 Å². The van der Waals surface area contributed by atoms with E-state index in [0.717, 1.165) is 16.9 Å². The molecular weight excluding hydrogens is 326 g/mol. The zero-order valence-electron chi connectivity index (χ0n) is 13.9. The molecule has 0 aliphatic heterocycles. The summed E-state index contributed by atoms with van der Waals surface area (Å²) in [5, 5.41) is 9.70. The van der Waals surface area contributed by atoms with Crippen molar-refractivity contribution in [2.45, 2.75) is 33.0 Å². The van der Waals surface area contributed by atoms with Crippen molar-refractivity contribution in [2.24, 2.45) is 0 Å². The highest BCUT2D eigenvalue weighted by molar-refractivity contribution is 6.31. The lowest BCUT2D eigenvalue weighted by Crippen LogP contribution is -2.35. The first-order valence-electron chi connectivity index (χ1n) is 7.86. The van der Waals surface area contributed by atoms with Gasteiger partial charge in [-0.1, -0.05) is 41.9 Å². The first kappa shape index (κ1) is 18.3. The standard InChI is InChI=1S/C19H22ClNO3/c1-14(2)21(12-19(22)23)11-15-6-5-8-17(10-15)24-13-16-7-3-4-9-18(16)20/h3-10,14H,11-13H2,1-2H3,(H,22,23). The third-order valence-electron chi connectivity index (χ3n) is 3.70. The van der Waals surface area contributed by atoms with Crippen molar-refractivity contribution in [1.29, 1.82) is 0 Å². The first-order chi connectivity index (χ1) is 11.5. The van der Waals surface area contributed by atoms with Gasteiger partial charge in [0.2, 0.25) is 0 Å². The Labute approximate surface area is 147 Å². The van der Waals surface area contributed by atoms with Crippen LogP contribution in [0.15, 0.2) is 48.5 Å². The second-order valence-corrected chi connectivity index (χ2v) is 6.33. The Morgan fingerprint density at radius 2 is 1.96 bits per heavy atom. The van der Waals surface area contributed by atoms with Crippen molar-refractivity contribution in [1.82, 2.24) is 4.90 Å². The van der Waals surface area contributed by atoms with E-state index in [0.29, 0.717) is 18.2 Å². The van der Waals surface area contributed by atoms with Crippen molar-refractivity contribution in [3.63, 3.8) is 0 Å². The van der Waals surface area contributed by atoms with E-state index in [9.17, 15) is 4.79 Å². The molecule has 0 spiro atoms. The SMILES string of the molecule is CC(C)N(CC(=O)O)Cc1cccc(OCc2ccccc2Cl)c1. The summed E-state index contributed by atoms with van der Waals surface area (Å²) in [5.41, 5.74) is 1.95. The highest BCUT2D eigenvalue weighted by Crippen LogP contribution is 2.20. The maximum absolute atomic E-state index is 11.0. The van der Waals surface area contributed by atoms with Gasteiger partial charge in [0, 0.05) is 23.2 Å². The summed E-state index contributed by atoms with van der Waals surface area (Å²) in [6.45, 7) is 4.95. The van der Waals surface area contributed by atoms with E-state index in [1.165, 1.54) is 0 Å². The van der Waals surface area contributed by atoms with E-state index in [2.05, 4.69) is 0 Å². The fraction of sp³-hybridized carbons (Fsp3) is 0.316. The van der Waals surface area contributed by atoms with E-state index in [1.54, 1.807) is 0 Å². The van der Waals surface area contributed by atoms with Crippen LogP contribution < -0.4 is 4.74 Å². The fourth-order valence-electron chi connectivity index (χ4n) is 2.34. The fourth-order valence-corrected chi connectivity index (χ4v) is 2.53. The Kier molecular flexibility index (Phi) is 6.64. The molecule has 2 aromatic carbocycles. The molecule has 0 fully saturated rings. The molecule has 1 N–H and O–H groups in total. The summed E-state index contributed by atoms with van der Waals surface area (Å²) in [7, 11) is 0. The largest absolute Gasteiger partial charge is 0.489 e. The minimum atomic E-state index is -0.824. The molecule has 0 bridgehead atoms. The Morgan fingerprint density at radius 3 is 2.62 bits per heavy atom. The lowest BCUT2D eigenvalue weighted by Gasteiger charge is -2.24. The summed E-state index contributed by atoms with van der Waals surface area (Å²) in [4.78, 5) is 12.9. The van der Waals surface area contributed by atoms with Gasteiger partial charge in [-0.25, -0.2) is 0 Å². The maximum atomic E-state index is 11.0. The third-order valence-corrected chi connectivity index (χ3v) is 4.07. The van der Waals surface area contributed by atoms with Crippen LogP contribution in [0.5, 0.6) is 5.75 Å². The number of hydrogen-bond acceptors (Lipinski definition) is 3. The second kappa shape index (κ2) is 8.71. The molecule has 0 heterocycles. The molecule has 0 saturated heterocycles. The van der Waals surface area contributed by atoms with E-state index in [4.69, 9.17) is 21.4 Å². The topological polar surface area (TPSA) is 49.8 Å². The average Bonchev–Trinajstić information content (AvgIpc) is 2.53. The average molecular weight is 348 g/mol. The quantitative estimate of drug-likeness (QED) is 0.777. The summed E-state index contributed by atoms with van der Waals surface area (Å²) < 4.78 is 5.82. The van der Waals surface area contributed by atoms with Crippen LogP contribution in [-0.2, 0) is 17.9 Å². The number of carboxylic acids is 1. The molecular formula is C19H22ClNO3. The molecule has 128 valence electrons. The molecule has 24 heavy (non-hydrogen) atoms. The van der Waals surface area contributed by atoms with Gasteiger partial charge < -0.3 is 9.84 Å². The van der Waals surface area contributed by atoms with E-state index in [1.807, 2.05) is 67.3 Å². The zero-order chi connectivity index (χ0) is 17.5. The lowest BCUT2D eigenvalue weighted by atomic mass is 10.1. The number of carbonyl (C=O) groups is 1. The first-order valence-corrected chi connectivity index (χ1v) is 8.24. The van der Waals surface area contributed by atoms with E-state index < -0.39 is 5.97 Å². The van der Waals surface area contributed by atoms with Crippen molar-refractivity contribution in [2.75, 3.05) is 6.54 Å². The van der Waals surface area contributed by atoms with E-state index in [-0.39, 0.29) is 12.6 Å². The number of halogens is 1. The van der Waals surface area contributed by atoms with Crippen molar-refractivity contribution >= 4 is 17.6 Å². The van der Waals surface area contributed by atoms with Gasteiger partial charge >= 0.3 is 5.97 Å². The van der Waals surface area contributed by atoms with Crippen molar-refractivity contribution < 1.29 is 14.6 Å². The van der Waals surface area contributed by atoms with Crippen LogP contribution >= 0.6 is 11.6 Å². The van der Waals surface area contributed by atoms with Crippen LogP contribution in [0.25, 0.3) is 0 Å². The number of benzene rings is 2. The summed E-state index contributed by atoms with van der Waals surface area (Å²) in [6.07, 6.45) is 0. The highest BCUT2D eigenvalue weighted by Gasteiger charge is 2.14. The van der Waals surface area contributed by atoms with Gasteiger partial charge in [0.25, 0.3) is 0 Å². The zero-order valence-corrected chi connectivity index (χ0v) is 14.7. The van der Waals surface area contributed by atoms with Crippen LogP contribution in [0.3, 0.4) is 0 Å². The minimum Gasteiger partial charge on any atom is -0.489 e. The van der Waals surface area contributed by atoms with Gasteiger partial charge in [-0.05, 0) is 37.6 Å². The van der Waals surface area contributed by atoms with Gasteiger partial charge in [0.1, 0.15) is 12.4 Å². The molecule has 0 unspecified atom stereocenters. The third kappa shape index (κ3) is 5.55. The number of aliphatic carboxylic acids is 1. The second-order valence-electron chi connectivity index (χ2n) is 5.92. The van der Waals surface area contributed by atoms with Crippen LogP contribution in [0.1, 0.15) is 25.0 Å². The summed E-state index contributed by atoms with van der Waals surface area (Å²) >= 11 is 6.13. The van der Waals surface area contributed by atoms with Gasteiger partial charge in [0.05, 0.1) is 6.54 Å². The monoisotopic (exact) mass is 347 g/mol. The summed E-state index contributed by atoms with van der Waals surface area (Å²) in [6, 6.07) is 15.4. The predicted molar refractivity (Wildman–Crippen MR) is 95.4 cm³/mol. The van der Waals surface area contributed by atoms with Gasteiger partial charge in [-0.3, -0.25) is 9.69 Å². The van der Waals surface area contributed by atoms with Crippen molar-refractivity contribution in [3.05, 3.63) is 64.7 Å². The molecule has 2 aromatic rings. The highest BCUT2D eigenvalue weighted by atomic mass is 35.5. The number of rotatable bonds is 8. The summed E-state index contributed by atoms with van der Waals surface area (Å²) in [5.74, 6) is -0.0822. The molecule has 5 heteroatoms. The van der Waals surface area contributed by atoms with Gasteiger partial charge in [-0.2, -0.15) is 0 Å². The minimum absolute atomic E-state index is 0.0162. The predicted octanol–water partition coefficient (Wildman–Crippen LogP) is 4.21. The van der Waals surface area contributed by atoms with Crippen LogP contribution in [0.4, 0.5) is 0 Å². The smallest absolute Gasteiger partial charge is 0.317 e. The molecule has 0 saturated carbocycles. The Morgan fingerprint density at radius 1 is 1.21 bits per heavy atom. The molecule has 0 atom stereocenters. The maximum Gasteiger partial charge on any atom is 0.317 e. The van der Waals surface area contributed by atoms with E-state index >= 15 is 0 Å². The number of hydrogen-bond donors (Lipinski definition) is 1. The van der Waals surface area contributed by atoms with Crippen LogP contribution in [0, 0.1) is 0 Å². The molecule has 2 rings (SSSR count).